The fraction of sp³-hybridized carbons (Fsp3) is 0.357. The summed E-state index contributed by atoms with van der Waals surface area (Å²) in [5.74, 6) is 0. The van der Waals surface area contributed by atoms with Crippen LogP contribution in [0.4, 0.5) is 4.79 Å². The topological polar surface area (TPSA) is 91.5 Å². The van der Waals surface area contributed by atoms with Gasteiger partial charge in [-0.25, -0.2) is 15.2 Å². The molecular weight excluding hydrogens is 284 g/mol. The van der Waals surface area contributed by atoms with Crippen LogP contribution in [-0.2, 0) is 4.84 Å². The van der Waals surface area contributed by atoms with E-state index in [4.69, 9.17) is 4.84 Å². The van der Waals surface area contributed by atoms with Gasteiger partial charge in [0.15, 0.2) is 0 Å². The van der Waals surface area contributed by atoms with Gasteiger partial charge in [-0.05, 0) is 19.9 Å². The maximum atomic E-state index is 11.8. The standard InChI is InChI=1S/C14H16N6O2/c1-14(2)6-11(19-22-14)12-9-20(13(21)18-17-12)16-8-10-4-3-5-15-7-10/h3-5,7-8H,6,9H2,1-2H3,(H,18,21)/b16-8+. The number of amides is 2. The number of urea groups is 1. The van der Waals surface area contributed by atoms with Crippen molar-refractivity contribution in [2.24, 2.45) is 15.4 Å². The Morgan fingerprint density at radius 2 is 2.32 bits per heavy atom. The van der Waals surface area contributed by atoms with E-state index in [2.05, 4.69) is 25.8 Å². The second-order valence-electron chi connectivity index (χ2n) is 5.63. The largest absolute Gasteiger partial charge is 0.389 e. The SMILES string of the molecule is CC1(C)CC(C2=NNC(=O)N(/N=C/c3cccnc3)C2)=NO1. The number of carbonyl (C=O) groups excluding carboxylic acids is 1. The Labute approximate surface area is 127 Å². The third-order valence-corrected chi connectivity index (χ3v) is 3.18. The molecule has 8 heteroatoms. The van der Waals surface area contributed by atoms with E-state index in [0.29, 0.717) is 12.1 Å². The fourth-order valence-electron chi connectivity index (χ4n) is 2.06. The Morgan fingerprint density at radius 3 is 3.00 bits per heavy atom. The van der Waals surface area contributed by atoms with Gasteiger partial charge in [-0.2, -0.15) is 10.2 Å². The highest BCUT2D eigenvalue weighted by molar-refractivity contribution is 6.44. The average molecular weight is 300 g/mol. The predicted molar refractivity (Wildman–Crippen MR) is 81.7 cm³/mol. The summed E-state index contributed by atoms with van der Waals surface area (Å²) in [6, 6.07) is 3.27. The molecule has 0 saturated heterocycles. The third-order valence-electron chi connectivity index (χ3n) is 3.18. The van der Waals surface area contributed by atoms with Gasteiger partial charge in [-0.15, -0.1) is 0 Å². The maximum absolute atomic E-state index is 11.8. The Kier molecular flexibility index (Phi) is 3.58. The molecule has 0 unspecified atom stereocenters. The molecule has 3 heterocycles. The quantitative estimate of drug-likeness (QED) is 0.854. The van der Waals surface area contributed by atoms with Gasteiger partial charge in [0.25, 0.3) is 0 Å². The minimum Gasteiger partial charge on any atom is -0.389 e. The Balaban J connectivity index is 1.71. The maximum Gasteiger partial charge on any atom is 0.358 e. The molecule has 0 radical (unpaired) electrons. The molecule has 3 rings (SSSR count). The van der Waals surface area contributed by atoms with Crippen LogP contribution in [0.5, 0.6) is 0 Å². The van der Waals surface area contributed by atoms with E-state index in [-0.39, 0.29) is 18.2 Å². The first-order valence-corrected chi connectivity index (χ1v) is 6.87. The lowest BCUT2D eigenvalue weighted by Crippen LogP contribution is -2.45. The molecule has 1 aromatic rings. The highest BCUT2D eigenvalue weighted by Crippen LogP contribution is 2.23. The van der Waals surface area contributed by atoms with Crippen molar-refractivity contribution in [3.63, 3.8) is 0 Å². The van der Waals surface area contributed by atoms with Gasteiger partial charge in [0.1, 0.15) is 17.0 Å². The van der Waals surface area contributed by atoms with E-state index < -0.39 is 0 Å². The fourth-order valence-corrected chi connectivity index (χ4v) is 2.06. The first kappa shape index (κ1) is 14.2. The molecule has 0 bridgehead atoms. The van der Waals surface area contributed by atoms with Crippen LogP contribution in [0.25, 0.3) is 0 Å². The van der Waals surface area contributed by atoms with E-state index in [1.54, 1.807) is 24.7 Å². The zero-order chi connectivity index (χ0) is 15.6. The van der Waals surface area contributed by atoms with Crippen molar-refractivity contribution >= 4 is 23.7 Å². The lowest BCUT2D eigenvalue weighted by atomic mass is 10.00. The van der Waals surface area contributed by atoms with E-state index >= 15 is 0 Å². The number of aromatic nitrogens is 1. The zero-order valence-electron chi connectivity index (χ0n) is 12.4. The first-order chi connectivity index (χ1) is 10.5. The molecule has 2 aliphatic rings. The monoisotopic (exact) mass is 300 g/mol. The number of oxime groups is 1. The van der Waals surface area contributed by atoms with Crippen molar-refractivity contribution in [2.45, 2.75) is 25.9 Å². The average Bonchev–Trinajstić information content (AvgIpc) is 2.88. The second-order valence-corrected chi connectivity index (χ2v) is 5.63. The molecule has 22 heavy (non-hydrogen) atoms. The summed E-state index contributed by atoms with van der Waals surface area (Å²) in [4.78, 5) is 21.1. The molecule has 1 aromatic heterocycles. The van der Waals surface area contributed by atoms with Crippen LogP contribution in [0.15, 0.2) is 39.9 Å². The highest BCUT2D eigenvalue weighted by Gasteiger charge is 2.34. The van der Waals surface area contributed by atoms with Crippen LogP contribution < -0.4 is 5.43 Å². The van der Waals surface area contributed by atoms with Crippen LogP contribution in [0.3, 0.4) is 0 Å². The molecule has 114 valence electrons. The van der Waals surface area contributed by atoms with Gasteiger partial charge in [-0.3, -0.25) is 4.98 Å². The van der Waals surface area contributed by atoms with Gasteiger partial charge in [0.2, 0.25) is 0 Å². The lowest BCUT2D eigenvalue weighted by molar-refractivity contribution is 0.0123. The summed E-state index contributed by atoms with van der Waals surface area (Å²) < 4.78 is 0. The van der Waals surface area contributed by atoms with Crippen molar-refractivity contribution in [2.75, 3.05) is 6.54 Å². The van der Waals surface area contributed by atoms with Crippen molar-refractivity contribution in [3.05, 3.63) is 30.1 Å². The Morgan fingerprint density at radius 1 is 1.45 bits per heavy atom. The first-order valence-electron chi connectivity index (χ1n) is 6.87. The number of hydrogen-bond donors (Lipinski definition) is 1. The molecule has 0 spiro atoms. The molecule has 0 fully saturated rings. The van der Waals surface area contributed by atoms with Crippen LogP contribution >= 0.6 is 0 Å². The summed E-state index contributed by atoms with van der Waals surface area (Å²) in [5, 5.41) is 13.5. The summed E-state index contributed by atoms with van der Waals surface area (Å²) in [6.07, 6.45) is 5.56. The minimum atomic E-state index is -0.386. The van der Waals surface area contributed by atoms with E-state index in [0.717, 1.165) is 11.3 Å². The number of nitrogens with one attached hydrogen (secondary N) is 1. The Bertz CT molecular complexity index is 665. The Hall–Kier alpha value is -2.77. The van der Waals surface area contributed by atoms with Gasteiger partial charge < -0.3 is 4.84 Å². The van der Waals surface area contributed by atoms with Crippen LogP contribution in [0, 0.1) is 0 Å². The summed E-state index contributed by atoms with van der Waals surface area (Å²) in [5.41, 5.74) is 4.27. The summed E-state index contributed by atoms with van der Waals surface area (Å²) >= 11 is 0. The second kappa shape index (κ2) is 5.55. The van der Waals surface area contributed by atoms with Gasteiger partial charge in [-0.1, -0.05) is 11.2 Å². The molecular formula is C14H16N6O2. The van der Waals surface area contributed by atoms with Crippen molar-refractivity contribution in [1.29, 1.82) is 0 Å². The lowest BCUT2D eigenvalue weighted by Gasteiger charge is -2.22. The zero-order valence-corrected chi connectivity index (χ0v) is 12.4. The number of carbonyl (C=O) groups is 1. The molecule has 2 amide bonds. The van der Waals surface area contributed by atoms with E-state index in [9.17, 15) is 4.79 Å². The molecule has 0 saturated carbocycles. The number of hydrazone groups is 2. The normalized spacial score (nSPS) is 20.5. The molecule has 0 atom stereocenters. The van der Waals surface area contributed by atoms with Gasteiger partial charge in [0, 0.05) is 24.4 Å². The van der Waals surface area contributed by atoms with Crippen molar-refractivity contribution in [3.8, 4) is 0 Å². The van der Waals surface area contributed by atoms with E-state index in [1.165, 1.54) is 5.01 Å². The number of nitrogens with zero attached hydrogens (tertiary/aromatic N) is 5. The molecule has 2 aliphatic heterocycles. The molecule has 1 N–H and O–H groups in total. The summed E-state index contributed by atoms with van der Waals surface area (Å²) in [7, 11) is 0. The molecule has 0 aliphatic carbocycles. The molecule has 8 nitrogen and oxygen atoms in total. The number of pyridine rings is 1. The highest BCUT2D eigenvalue weighted by atomic mass is 16.7. The number of hydrogen-bond acceptors (Lipinski definition) is 6. The smallest absolute Gasteiger partial charge is 0.358 e. The van der Waals surface area contributed by atoms with Crippen molar-refractivity contribution < 1.29 is 9.63 Å². The third kappa shape index (κ3) is 3.11. The van der Waals surface area contributed by atoms with E-state index in [1.807, 2.05) is 19.9 Å². The van der Waals surface area contributed by atoms with Gasteiger partial charge in [0.05, 0.1) is 12.8 Å². The minimum absolute atomic E-state index is 0.251. The predicted octanol–water partition coefficient (Wildman–Crippen LogP) is 1.35. The summed E-state index contributed by atoms with van der Waals surface area (Å²) in [6.45, 7) is 4.15. The van der Waals surface area contributed by atoms with Crippen LogP contribution in [-0.4, -0.2) is 45.8 Å². The van der Waals surface area contributed by atoms with Crippen LogP contribution in [0.2, 0.25) is 0 Å². The van der Waals surface area contributed by atoms with Crippen molar-refractivity contribution in [1.82, 2.24) is 15.4 Å². The van der Waals surface area contributed by atoms with Gasteiger partial charge >= 0.3 is 6.03 Å². The van der Waals surface area contributed by atoms with Crippen LogP contribution in [0.1, 0.15) is 25.8 Å². The number of rotatable bonds is 3. The molecule has 0 aromatic carbocycles.